The maximum Gasteiger partial charge on any atom is 0.198 e. The van der Waals surface area contributed by atoms with Gasteiger partial charge in [0, 0.05) is 27.5 Å². The molecule has 6 heteroatoms. The highest BCUT2D eigenvalue weighted by Gasteiger charge is 2.10. The third kappa shape index (κ3) is 3.25. The van der Waals surface area contributed by atoms with E-state index in [4.69, 9.17) is 16.0 Å². The first-order chi connectivity index (χ1) is 10.0. The molecule has 0 atom stereocenters. The fourth-order valence-corrected chi connectivity index (χ4v) is 3.70. The standard InChI is InChI=1S/C15H14BrClN2OS/c1-8(2)15-19-12-5-9(3-4-13(12)20-15)18-7-10-6-11(16)14(17)21-10/h3-6,8,18H,7H2,1-2H3. The lowest BCUT2D eigenvalue weighted by molar-refractivity contribution is 0.501. The van der Waals surface area contributed by atoms with Crippen LogP contribution >= 0.6 is 38.9 Å². The molecule has 0 saturated carbocycles. The molecule has 0 aliphatic rings. The van der Waals surface area contributed by atoms with Crippen molar-refractivity contribution in [3.63, 3.8) is 0 Å². The summed E-state index contributed by atoms with van der Waals surface area (Å²) in [7, 11) is 0. The van der Waals surface area contributed by atoms with Crippen molar-refractivity contribution in [1.82, 2.24) is 4.98 Å². The first-order valence-corrected chi connectivity index (χ1v) is 8.60. The van der Waals surface area contributed by atoms with Gasteiger partial charge in [-0.2, -0.15) is 0 Å². The van der Waals surface area contributed by atoms with Crippen molar-refractivity contribution in [1.29, 1.82) is 0 Å². The van der Waals surface area contributed by atoms with Crippen molar-refractivity contribution in [3.8, 4) is 0 Å². The Hall–Kier alpha value is -1.04. The second-order valence-corrected chi connectivity index (χ2v) is 7.67. The molecule has 0 aliphatic heterocycles. The maximum atomic E-state index is 6.04. The molecule has 110 valence electrons. The molecule has 3 rings (SSSR count). The van der Waals surface area contributed by atoms with Crippen LogP contribution in [0.2, 0.25) is 4.34 Å². The normalized spacial score (nSPS) is 11.5. The van der Waals surface area contributed by atoms with Crippen molar-refractivity contribution in [3.05, 3.63) is 43.8 Å². The number of anilines is 1. The zero-order valence-corrected chi connectivity index (χ0v) is 14.8. The highest BCUT2D eigenvalue weighted by atomic mass is 79.9. The van der Waals surface area contributed by atoms with Gasteiger partial charge in [-0.25, -0.2) is 4.98 Å². The van der Waals surface area contributed by atoms with Crippen LogP contribution in [0.4, 0.5) is 5.69 Å². The molecule has 21 heavy (non-hydrogen) atoms. The van der Waals surface area contributed by atoms with E-state index >= 15 is 0 Å². The molecule has 0 radical (unpaired) electrons. The Kier molecular flexibility index (Phi) is 4.24. The van der Waals surface area contributed by atoms with Crippen LogP contribution in [0.1, 0.15) is 30.5 Å². The van der Waals surface area contributed by atoms with Crippen LogP contribution in [-0.2, 0) is 6.54 Å². The van der Waals surface area contributed by atoms with Gasteiger partial charge in [-0.05, 0) is 40.2 Å². The molecule has 0 bridgehead atoms. The van der Waals surface area contributed by atoms with E-state index in [1.165, 1.54) is 4.88 Å². The summed E-state index contributed by atoms with van der Waals surface area (Å²) in [6.45, 7) is 4.88. The summed E-state index contributed by atoms with van der Waals surface area (Å²) in [5.74, 6) is 1.07. The minimum absolute atomic E-state index is 0.291. The molecule has 0 spiro atoms. The molecule has 1 aromatic carbocycles. The van der Waals surface area contributed by atoms with Gasteiger partial charge < -0.3 is 9.73 Å². The van der Waals surface area contributed by atoms with E-state index in [1.807, 2.05) is 24.3 Å². The lowest BCUT2D eigenvalue weighted by Crippen LogP contribution is -1.96. The summed E-state index contributed by atoms with van der Waals surface area (Å²) in [6.07, 6.45) is 0. The first kappa shape index (κ1) is 14.9. The van der Waals surface area contributed by atoms with Crippen LogP contribution in [0.3, 0.4) is 0 Å². The Labute approximate surface area is 140 Å². The average Bonchev–Trinajstić information content (AvgIpc) is 3.00. The minimum Gasteiger partial charge on any atom is -0.440 e. The Bertz CT molecular complexity index is 762. The predicted molar refractivity (Wildman–Crippen MR) is 92.5 cm³/mol. The fourth-order valence-electron chi connectivity index (χ4n) is 1.97. The smallest absolute Gasteiger partial charge is 0.198 e. The molecule has 0 aliphatic carbocycles. The van der Waals surface area contributed by atoms with E-state index in [1.54, 1.807) is 11.3 Å². The summed E-state index contributed by atoms with van der Waals surface area (Å²) < 4.78 is 7.43. The Morgan fingerprint density at radius 1 is 1.38 bits per heavy atom. The van der Waals surface area contributed by atoms with Crippen LogP contribution in [0.15, 0.2) is 33.2 Å². The Morgan fingerprint density at radius 3 is 2.86 bits per heavy atom. The van der Waals surface area contributed by atoms with Gasteiger partial charge in [0.15, 0.2) is 11.5 Å². The number of rotatable bonds is 4. The number of thiophene rings is 1. The van der Waals surface area contributed by atoms with Crippen molar-refractivity contribution in [2.45, 2.75) is 26.3 Å². The highest BCUT2D eigenvalue weighted by Crippen LogP contribution is 2.32. The van der Waals surface area contributed by atoms with Crippen LogP contribution in [0.25, 0.3) is 11.1 Å². The van der Waals surface area contributed by atoms with Gasteiger partial charge in [0.1, 0.15) is 9.85 Å². The summed E-state index contributed by atoms with van der Waals surface area (Å²) in [6, 6.07) is 8.00. The monoisotopic (exact) mass is 384 g/mol. The fraction of sp³-hybridized carbons (Fsp3) is 0.267. The van der Waals surface area contributed by atoms with Crippen molar-refractivity contribution in [2.24, 2.45) is 0 Å². The molecule has 2 aromatic heterocycles. The van der Waals surface area contributed by atoms with Crippen LogP contribution in [0.5, 0.6) is 0 Å². The molecule has 0 saturated heterocycles. The number of oxazole rings is 1. The number of nitrogens with zero attached hydrogens (tertiary/aromatic N) is 1. The Morgan fingerprint density at radius 2 is 2.19 bits per heavy atom. The number of hydrogen-bond donors (Lipinski definition) is 1. The minimum atomic E-state index is 0.291. The molecule has 2 heterocycles. The second kappa shape index (κ2) is 5.99. The van der Waals surface area contributed by atoms with Gasteiger partial charge >= 0.3 is 0 Å². The quantitative estimate of drug-likeness (QED) is 0.595. The maximum absolute atomic E-state index is 6.04. The molecule has 0 amide bonds. The molecule has 1 N–H and O–H groups in total. The largest absolute Gasteiger partial charge is 0.440 e. The van der Waals surface area contributed by atoms with Crippen LogP contribution < -0.4 is 5.32 Å². The van der Waals surface area contributed by atoms with Gasteiger partial charge in [0.05, 0.1) is 0 Å². The lowest BCUT2D eigenvalue weighted by atomic mass is 10.2. The van der Waals surface area contributed by atoms with E-state index in [0.717, 1.165) is 38.0 Å². The molecule has 3 nitrogen and oxygen atoms in total. The van der Waals surface area contributed by atoms with Gasteiger partial charge in [0.25, 0.3) is 0 Å². The molecule has 0 fully saturated rings. The Balaban J connectivity index is 1.77. The van der Waals surface area contributed by atoms with Crippen LogP contribution in [0, 0.1) is 0 Å². The van der Waals surface area contributed by atoms with E-state index in [-0.39, 0.29) is 0 Å². The SMILES string of the molecule is CC(C)c1nc2cc(NCc3cc(Br)c(Cl)s3)ccc2o1. The predicted octanol–water partition coefficient (Wildman–Crippen LogP) is 6.04. The number of fused-ring (bicyclic) bond motifs is 1. The molecular formula is C15H14BrClN2OS. The molecular weight excluding hydrogens is 372 g/mol. The molecule has 0 unspecified atom stereocenters. The highest BCUT2D eigenvalue weighted by molar-refractivity contribution is 9.10. The third-order valence-electron chi connectivity index (χ3n) is 3.06. The third-order valence-corrected chi connectivity index (χ3v) is 5.54. The molecule has 3 aromatic rings. The van der Waals surface area contributed by atoms with Crippen LogP contribution in [-0.4, -0.2) is 4.98 Å². The number of benzene rings is 1. The van der Waals surface area contributed by atoms with E-state index in [2.05, 4.69) is 40.1 Å². The second-order valence-electron chi connectivity index (χ2n) is 5.08. The van der Waals surface area contributed by atoms with Gasteiger partial charge in [-0.15, -0.1) is 11.3 Å². The zero-order valence-electron chi connectivity index (χ0n) is 11.6. The number of halogens is 2. The van der Waals surface area contributed by atoms with Gasteiger partial charge in [0.2, 0.25) is 0 Å². The average molecular weight is 386 g/mol. The van der Waals surface area contributed by atoms with E-state index in [9.17, 15) is 0 Å². The summed E-state index contributed by atoms with van der Waals surface area (Å²) in [4.78, 5) is 5.69. The van der Waals surface area contributed by atoms with Gasteiger partial charge in [-0.3, -0.25) is 0 Å². The van der Waals surface area contributed by atoms with Gasteiger partial charge in [-0.1, -0.05) is 25.4 Å². The summed E-state index contributed by atoms with van der Waals surface area (Å²) in [5.41, 5.74) is 2.73. The van der Waals surface area contributed by atoms with Crippen molar-refractivity contribution >= 4 is 55.7 Å². The van der Waals surface area contributed by atoms with E-state index < -0.39 is 0 Å². The lowest BCUT2D eigenvalue weighted by Gasteiger charge is -2.03. The van der Waals surface area contributed by atoms with E-state index in [0.29, 0.717) is 5.92 Å². The first-order valence-electron chi connectivity index (χ1n) is 6.61. The number of hydrogen-bond acceptors (Lipinski definition) is 4. The van der Waals surface area contributed by atoms with Crippen molar-refractivity contribution in [2.75, 3.05) is 5.32 Å². The zero-order chi connectivity index (χ0) is 15.0. The topological polar surface area (TPSA) is 38.1 Å². The van der Waals surface area contributed by atoms with Crippen molar-refractivity contribution < 1.29 is 4.42 Å². The summed E-state index contributed by atoms with van der Waals surface area (Å²) in [5, 5.41) is 3.38. The number of aromatic nitrogens is 1. The number of nitrogens with one attached hydrogen (secondary N) is 1. The summed E-state index contributed by atoms with van der Waals surface area (Å²) >= 11 is 11.0.